The second-order valence-corrected chi connectivity index (χ2v) is 5.89. The molecule has 1 aliphatic rings. The molecule has 1 N–H and O–H groups in total. The van der Waals surface area contributed by atoms with E-state index in [1.54, 1.807) is 12.1 Å². The Kier molecular flexibility index (Phi) is 2.82. The highest BCUT2D eigenvalue weighted by Crippen LogP contribution is 2.28. The highest BCUT2D eigenvalue weighted by Gasteiger charge is 2.22. The number of hydrogen-bond donors (Lipinski definition) is 1. The maximum atomic E-state index is 13.8. The number of fused-ring (bicyclic) bond motifs is 2. The number of H-pyrrole nitrogens is 1. The van der Waals surface area contributed by atoms with Crippen molar-refractivity contribution >= 4 is 10.9 Å². The topological polar surface area (TPSA) is 19.0 Å². The van der Waals surface area contributed by atoms with E-state index in [0.717, 1.165) is 24.2 Å². The summed E-state index contributed by atoms with van der Waals surface area (Å²) < 4.78 is 13.8. The van der Waals surface area contributed by atoms with Crippen LogP contribution < -0.4 is 0 Å². The van der Waals surface area contributed by atoms with E-state index in [4.69, 9.17) is 0 Å². The Morgan fingerprint density at radius 1 is 1.19 bits per heavy atom. The van der Waals surface area contributed by atoms with Gasteiger partial charge >= 0.3 is 0 Å². The number of aromatic nitrogens is 1. The number of hydrogen-bond acceptors (Lipinski definition) is 1. The van der Waals surface area contributed by atoms with Gasteiger partial charge in [-0.1, -0.05) is 23.8 Å². The van der Waals surface area contributed by atoms with E-state index in [-0.39, 0.29) is 5.82 Å². The fourth-order valence-corrected chi connectivity index (χ4v) is 3.22. The molecule has 3 heteroatoms. The zero-order chi connectivity index (χ0) is 14.4. The van der Waals surface area contributed by atoms with Crippen LogP contribution in [-0.4, -0.2) is 9.88 Å². The largest absolute Gasteiger partial charge is 0.361 e. The third kappa shape index (κ3) is 2.14. The lowest BCUT2D eigenvalue weighted by molar-refractivity contribution is 0.274. The molecule has 0 spiro atoms. The third-order valence-electron chi connectivity index (χ3n) is 4.31. The molecule has 0 radical (unpaired) electrons. The molecule has 0 amide bonds. The summed E-state index contributed by atoms with van der Waals surface area (Å²) in [6, 6.07) is 11.8. The molecule has 0 bridgehead atoms. The monoisotopic (exact) mass is 280 g/mol. The van der Waals surface area contributed by atoms with Crippen molar-refractivity contribution in [1.29, 1.82) is 0 Å². The summed E-state index contributed by atoms with van der Waals surface area (Å²) in [6.07, 6.45) is 2.07. The van der Waals surface area contributed by atoms with Gasteiger partial charge in [0.15, 0.2) is 0 Å². The third-order valence-corrected chi connectivity index (χ3v) is 4.31. The molecule has 21 heavy (non-hydrogen) atoms. The number of nitrogens with zero attached hydrogens (tertiary/aromatic N) is 1. The van der Waals surface area contributed by atoms with Crippen molar-refractivity contribution in [3.05, 3.63) is 70.7 Å². The summed E-state index contributed by atoms with van der Waals surface area (Å²) >= 11 is 0. The second kappa shape index (κ2) is 4.71. The van der Waals surface area contributed by atoms with Gasteiger partial charge in [0.25, 0.3) is 0 Å². The highest BCUT2D eigenvalue weighted by atomic mass is 19.1. The van der Waals surface area contributed by atoms with Crippen LogP contribution in [0.4, 0.5) is 4.39 Å². The lowest BCUT2D eigenvalue weighted by Gasteiger charge is -2.14. The van der Waals surface area contributed by atoms with Crippen molar-refractivity contribution in [2.75, 3.05) is 0 Å². The predicted octanol–water partition coefficient (Wildman–Crippen LogP) is 4.13. The number of nitrogens with one attached hydrogen (secondary N) is 1. The van der Waals surface area contributed by atoms with Crippen LogP contribution in [0.25, 0.3) is 10.9 Å². The summed E-state index contributed by atoms with van der Waals surface area (Å²) in [5.74, 6) is -0.0789. The van der Waals surface area contributed by atoms with E-state index in [9.17, 15) is 4.39 Å². The molecule has 2 aromatic carbocycles. The molecular weight excluding hydrogens is 263 g/mol. The Morgan fingerprint density at radius 2 is 2.10 bits per heavy atom. The molecule has 2 heterocycles. The fourth-order valence-electron chi connectivity index (χ4n) is 3.22. The van der Waals surface area contributed by atoms with Gasteiger partial charge in [-0.2, -0.15) is 0 Å². The first-order valence-corrected chi connectivity index (χ1v) is 7.26. The zero-order valence-electron chi connectivity index (χ0n) is 12.0. The summed E-state index contributed by atoms with van der Waals surface area (Å²) in [5.41, 5.74) is 5.68. The SMILES string of the molecule is Cc1ccc2[nH]cc(CN3Cc4cccc(F)c4C3)c2c1. The van der Waals surface area contributed by atoms with E-state index in [0.29, 0.717) is 6.54 Å². The smallest absolute Gasteiger partial charge is 0.128 e. The van der Waals surface area contributed by atoms with Crippen molar-refractivity contribution in [3.8, 4) is 0 Å². The number of rotatable bonds is 2. The molecule has 3 aromatic rings. The van der Waals surface area contributed by atoms with Gasteiger partial charge in [-0.15, -0.1) is 0 Å². The molecule has 4 rings (SSSR count). The number of aryl methyl sites for hydroxylation is 1. The maximum Gasteiger partial charge on any atom is 0.128 e. The van der Waals surface area contributed by atoms with Crippen LogP contribution in [-0.2, 0) is 19.6 Å². The Bertz CT molecular complexity index is 819. The van der Waals surface area contributed by atoms with Crippen LogP contribution in [0, 0.1) is 12.7 Å². The Labute approximate surface area is 123 Å². The van der Waals surface area contributed by atoms with Crippen molar-refractivity contribution in [2.24, 2.45) is 0 Å². The molecule has 0 unspecified atom stereocenters. The minimum Gasteiger partial charge on any atom is -0.361 e. The summed E-state index contributed by atoms with van der Waals surface area (Å²) in [4.78, 5) is 5.61. The van der Waals surface area contributed by atoms with E-state index in [1.165, 1.54) is 22.0 Å². The molecule has 0 atom stereocenters. The van der Waals surface area contributed by atoms with Gasteiger partial charge in [-0.25, -0.2) is 4.39 Å². The minimum atomic E-state index is -0.0789. The first kappa shape index (κ1) is 12.6. The van der Waals surface area contributed by atoms with Crippen molar-refractivity contribution in [2.45, 2.75) is 26.6 Å². The Hall–Kier alpha value is -2.13. The number of halogens is 1. The van der Waals surface area contributed by atoms with Gasteiger partial charge in [0, 0.05) is 42.3 Å². The summed E-state index contributed by atoms with van der Waals surface area (Å²) in [6.45, 7) is 4.47. The van der Waals surface area contributed by atoms with Crippen LogP contribution in [0.5, 0.6) is 0 Å². The zero-order valence-corrected chi connectivity index (χ0v) is 12.0. The molecule has 2 nitrogen and oxygen atoms in total. The average molecular weight is 280 g/mol. The highest BCUT2D eigenvalue weighted by molar-refractivity contribution is 5.83. The lowest BCUT2D eigenvalue weighted by Crippen LogP contribution is -2.15. The molecule has 0 fully saturated rings. The van der Waals surface area contributed by atoms with Crippen LogP contribution in [0.1, 0.15) is 22.3 Å². The van der Waals surface area contributed by atoms with Crippen LogP contribution >= 0.6 is 0 Å². The Balaban J connectivity index is 1.62. The van der Waals surface area contributed by atoms with Gasteiger partial charge in [0.2, 0.25) is 0 Å². The lowest BCUT2D eigenvalue weighted by atomic mass is 10.1. The van der Waals surface area contributed by atoms with Gasteiger partial charge in [-0.05, 0) is 36.2 Å². The first-order valence-electron chi connectivity index (χ1n) is 7.26. The number of benzene rings is 2. The Morgan fingerprint density at radius 3 is 2.95 bits per heavy atom. The average Bonchev–Trinajstić information content (AvgIpc) is 3.04. The predicted molar refractivity (Wildman–Crippen MR) is 82.4 cm³/mol. The minimum absolute atomic E-state index is 0.0789. The molecular formula is C18H17FN2. The molecule has 0 saturated heterocycles. The van der Waals surface area contributed by atoms with Crippen molar-refractivity contribution in [1.82, 2.24) is 9.88 Å². The second-order valence-electron chi connectivity index (χ2n) is 5.89. The first-order chi connectivity index (χ1) is 10.2. The van der Waals surface area contributed by atoms with Gasteiger partial charge < -0.3 is 4.98 Å². The van der Waals surface area contributed by atoms with Gasteiger partial charge in [0.05, 0.1) is 0 Å². The molecule has 1 aromatic heterocycles. The van der Waals surface area contributed by atoms with Crippen LogP contribution in [0.3, 0.4) is 0 Å². The molecule has 1 aliphatic heterocycles. The van der Waals surface area contributed by atoms with E-state index in [2.05, 4.69) is 41.2 Å². The normalized spacial score (nSPS) is 14.8. The van der Waals surface area contributed by atoms with E-state index >= 15 is 0 Å². The standard InChI is InChI=1S/C18H17FN2/c1-12-5-6-18-15(7-12)14(8-20-18)10-21-9-13-3-2-4-17(19)16(13)11-21/h2-8,20H,9-11H2,1H3. The van der Waals surface area contributed by atoms with E-state index in [1.807, 2.05) is 6.07 Å². The maximum absolute atomic E-state index is 13.8. The quantitative estimate of drug-likeness (QED) is 0.747. The molecule has 106 valence electrons. The fraction of sp³-hybridized carbons (Fsp3) is 0.222. The summed E-state index contributed by atoms with van der Waals surface area (Å²) in [7, 11) is 0. The van der Waals surface area contributed by atoms with Crippen LogP contribution in [0.15, 0.2) is 42.6 Å². The van der Waals surface area contributed by atoms with Crippen molar-refractivity contribution < 1.29 is 4.39 Å². The summed E-state index contributed by atoms with van der Waals surface area (Å²) in [5, 5.41) is 1.27. The van der Waals surface area contributed by atoms with Gasteiger partial charge in [-0.3, -0.25) is 4.90 Å². The van der Waals surface area contributed by atoms with Crippen LogP contribution in [0.2, 0.25) is 0 Å². The van der Waals surface area contributed by atoms with Crippen molar-refractivity contribution in [3.63, 3.8) is 0 Å². The van der Waals surface area contributed by atoms with E-state index < -0.39 is 0 Å². The molecule has 0 aliphatic carbocycles. The molecule has 0 saturated carbocycles. The number of aromatic amines is 1. The van der Waals surface area contributed by atoms with Gasteiger partial charge in [0.1, 0.15) is 5.82 Å².